The molecule has 0 radical (unpaired) electrons. The van der Waals surface area contributed by atoms with Crippen LogP contribution in [0.15, 0.2) is 16.8 Å². The zero-order valence-corrected chi connectivity index (χ0v) is 13.6. The van der Waals surface area contributed by atoms with Gasteiger partial charge in [0.1, 0.15) is 0 Å². The molecule has 2 fully saturated rings. The number of hydrogen-bond acceptors (Lipinski definition) is 4. The quantitative estimate of drug-likeness (QED) is 0.851. The number of rotatable bonds is 4. The molecule has 4 nitrogen and oxygen atoms in total. The van der Waals surface area contributed by atoms with Crippen molar-refractivity contribution >= 4 is 17.2 Å². The summed E-state index contributed by atoms with van der Waals surface area (Å²) in [5, 5.41) is 4.11. The van der Waals surface area contributed by atoms with Crippen LogP contribution in [-0.2, 0) is 16.0 Å². The normalized spacial score (nSPS) is 29.6. The second-order valence-corrected chi connectivity index (χ2v) is 6.82. The number of piperidine rings is 1. The minimum atomic E-state index is 0.274. The first kappa shape index (κ1) is 15.0. The molecule has 3 atom stereocenters. The first-order valence-corrected chi connectivity index (χ1v) is 8.73. The van der Waals surface area contributed by atoms with Gasteiger partial charge >= 0.3 is 0 Å². The number of carbonyl (C=O) groups excluding carboxylic acids is 1. The lowest BCUT2D eigenvalue weighted by molar-refractivity contribution is -0.138. The Labute approximate surface area is 130 Å². The zero-order valence-electron chi connectivity index (χ0n) is 12.8. The van der Waals surface area contributed by atoms with Gasteiger partial charge in [-0.3, -0.25) is 4.79 Å². The molecule has 2 aliphatic heterocycles. The Bertz CT molecular complexity index is 477. The molecule has 0 aliphatic carbocycles. The van der Waals surface area contributed by atoms with Crippen molar-refractivity contribution in [2.45, 2.75) is 31.9 Å². The molecule has 2 aliphatic rings. The molecule has 0 unspecified atom stereocenters. The predicted molar refractivity (Wildman–Crippen MR) is 84.5 cm³/mol. The van der Waals surface area contributed by atoms with Crippen LogP contribution in [0.2, 0.25) is 0 Å². The van der Waals surface area contributed by atoms with E-state index in [4.69, 9.17) is 4.74 Å². The van der Waals surface area contributed by atoms with Gasteiger partial charge in [0.2, 0.25) is 5.91 Å². The second-order valence-electron chi connectivity index (χ2n) is 6.04. The Morgan fingerprint density at radius 2 is 2.33 bits per heavy atom. The lowest BCUT2D eigenvalue weighted by Gasteiger charge is -2.41. The summed E-state index contributed by atoms with van der Waals surface area (Å²) in [6.45, 7) is 6.13. The van der Waals surface area contributed by atoms with Crippen molar-refractivity contribution in [1.82, 2.24) is 9.80 Å². The van der Waals surface area contributed by atoms with E-state index in [9.17, 15) is 4.79 Å². The number of likely N-dealkylation sites (tertiary alicyclic amines) is 2. The Hall–Kier alpha value is -0.910. The summed E-state index contributed by atoms with van der Waals surface area (Å²) >= 11 is 1.66. The summed E-state index contributed by atoms with van der Waals surface area (Å²) in [4.78, 5) is 17.2. The van der Waals surface area contributed by atoms with E-state index >= 15 is 0 Å². The fourth-order valence-corrected chi connectivity index (χ4v) is 4.43. The van der Waals surface area contributed by atoms with Gasteiger partial charge in [-0.05, 0) is 35.4 Å². The summed E-state index contributed by atoms with van der Waals surface area (Å²) in [6.07, 6.45) is 1.80. The topological polar surface area (TPSA) is 32.8 Å². The van der Waals surface area contributed by atoms with Crippen molar-refractivity contribution in [1.29, 1.82) is 0 Å². The molecular formula is C16H24N2O2S. The van der Waals surface area contributed by atoms with Crippen LogP contribution in [-0.4, -0.2) is 61.1 Å². The van der Waals surface area contributed by atoms with Gasteiger partial charge < -0.3 is 14.5 Å². The Morgan fingerprint density at radius 1 is 1.48 bits per heavy atom. The number of nitrogens with zero attached hydrogens (tertiary/aromatic N) is 2. The summed E-state index contributed by atoms with van der Waals surface area (Å²) < 4.78 is 5.67. The molecule has 2 saturated heterocycles. The summed E-state index contributed by atoms with van der Waals surface area (Å²) in [5.41, 5.74) is 1.14. The summed E-state index contributed by atoms with van der Waals surface area (Å²) in [7, 11) is 1.80. The SMILES string of the molecule is CCN1C[C@H]2[C@H](OC)CCN(C(=O)Cc3ccsc3)[C@H]2C1. The lowest BCUT2D eigenvalue weighted by atomic mass is 9.88. The lowest BCUT2D eigenvalue weighted by Crippen LogP contribution is -2.54. The van der Waals surface area contributed by atoms with Gasteiger partial charge in [0.15, 0.2) is 0 Å². The fourth-order valence-electron chi connectivity index (χ4n) is 3.77. The van der Waals surface area contributed by atoms with Gasteiger partial charge in [-0.25, -0.2) is 0 Å². The van der Waals surface area contributed by atoms with Crippen LogP contribution in [0.4, 0.5) is 0 Å². The Morgan fingerprint density at radius 3 is 3.00 bits per heavy atom. The minimum absolute atomic E-state index is 0.274. The van der Waals surface area contributed by atoms with Crippen LogP contribution in [0.5, 0.6) is 0 Å². The molecule has 5 heteroatoms. The number of fused-ring (bicyclic) bond motifs is 1. The molecule has 1 aromatic rings. The first-order valence-electron chi connectivity index (χ1n) is 7.78. The average Bonchev–Trinajstić information content (AvgIpc) is 3.14. The van der Waals surface area contributed by atoms with Gasteiger partial charge in [0.05, 0.1) is 18.6 Å². The molecule has 0 aromatic carbocycles. The third-order valence-corrected chi connectivity index (χ3v) is 5.68. The molecule has 0 N–H and O–H groups in total. The van der Waals surface area contributed by atoms with Crippen LogP contribution >= 0.6 is 11.3 Å². The van der Waals surface area contributed by atoms with E-state index in [2.05, 4.69) is 28.2 Å². The summed E-state index contributed by atoms with van der Waals surface area (Å²) in [6, 6.07) is 2.38. The maximum absolute atomic E-state index is 12.7. The van der Waals surface area contributed by atoms with Gasteiger partial charge in [0.25, 0.3) is 0 Å². The highest BCUT2D eigenvalue weighted by molar-refractivity contribution is 7.07. The van der Waals surface area contributed by atoms with E-state index in [0.717, 1.165) is 38.2 Å². The van der Waals surface area contributed by atoms with Crippen molar-refractivity contribution in [2.24, 2.45) is 5.92 Å². The van der Waals surface area contributed by atoms with Crippen LogP contribution in [0.1, 0.15) is 18.9 Å². The number of likely N-dealkylation sites (N-methyl/N-ethyl adjacent to an activating group) is 1. The van der Waals surface area contributed by atoms with Crippen molar-refractivity contribution in [3.63, 3.8) is 0 Å². The van der Waals surface area contributed by atoms with Crippen LogP contribution in [0, 0.1) is 5.92 Å². The first-order chi connectivity index (χ1) is 10.2. The van der Waals surface area contributed by atoms with Crippen molar-refractivity contribution < 1.29 is 9.53 Å². The van der Waals surface area contributed by atoms with Gasteiger partial charge in [-0.15, -0.1) is 0 Å². The van der Waals surface area contributed by atoms with E-state index in [1.165, 1.54) is 0 Å². The zero-order chi connectivity index (χ0) is 14.8. The average molecular weight is 308 g/mol. The Balaban J connectivity index is 1.72. The highest BCUT2D eigenvalue weighted by Gasteiger charge is 2.45. The third kappa shape index (κ3) is 3.00. The molecule has 116 valence electrons. The number of thiophene rings is 1. The number of amides is 1. The van der Waals surface area contributed by atoms with Crippen molar-refractivity contribution in [3.05, 3.63) is 22.4 Å². The second kappa shape index (κ2) is 6.46. The number of ether oxygens (including phenoxy) is 1. The van der Waals surface area contributed by atoms with Crippen LogP contribution < -0.4 is 0 Å². The minimum Gasteiger partial charge on any atom is -0.381 e. The third-order valence-electron chi connectivity index (χ3n) is 4.95. The molecule has 3 heterocycles. The number of hydrogen-bond donors (Lipinski definition) is 0. The molecule has 0 bridgehead atoms. The van der Waals surface area contributed by atoms with E-state index in [-0.39, 0.29) is 5.91 Å². The number of carbonyl (C=O) groups is 1. The maximum atomic E-state index is 12.7. The van der Waals surface area contributed by atoms with E-state index in [1.54, 1.807) is 18.4 Å². The standard InChI is InChI=1S/C16H24N2O2S/c1-3-17-9-13-14(10-17)18(6-4-15(13)20-2)16(19)8-12-5-7-21-11-12/h5,7,11,13-15H,3-4,6,8-10H2,1-2H3/t13-,14+,15-/m1/s1. The monoisotopic (exact) mass is 308 g/mol. The maximum Gasteiger partial charge on any atom is 0.227 e. The highest BCUT2D eigenvalue weighted by Crippen LogP contribution is 2.32. The Kier molecular flexibility index (Phi) is 4.62. The predicted octanol–water partition coefficient (Wildman–Crippen LogP) is 1.86. The molecule has 3 rings (SSSR count). The van der Waals surface area contributed by atoms with Crippen LogP contribution in [0.25, 0.3) is 0 Å². The van der Waals surface area contributed by atoms with Gasteiger partial charge in [-0.1, -0.05) is 6.92 Å². The van der Waals surface area contributed by atoms with E-state index in [0.29, 0.717) is 24.5 Å². The molecule has 1 aromatic heterocycles. The van der Waals surface area contributed by atoms with Crippen molar-refractivity contribution in [3.8, 4) is 0 Å². The number of methoxy groups -OCH3 is 1. The smallest absolute Gasteiger partial charge is 0.227 e. The molecular weight excluding hydrogens is 284 g/mol. The highest BCUT2D eigenvalue weighted by atomic mass is 32.1. The largest absolute Gasteiger partial charge is 0.381 e. The molecule has 0 spiro atoms. The fraction of sp³-hybridized carbons (Fsp3) is 0.688. The summed E-state index contributed by atoms with van der Waals surface area (Å²) in [5.74, 6) is 0.742. The van der Waals surface area contributed by atoms with Gasteiger partial charge in [0, 0.05) is 32.7 Å². The molecule has 21 heavy (non-hydrogen) atoms. The van der Waals surface area contributed by atoms with Crippen LogP contribution in [0.3, 0.4) is 0 Å². The van der Waals surface area contributed by atoms with Crippen molar-refractivity contribution in [2.75, 3.05) is 33.3 Å². The van der Waals surface area contributed by atoms with E-state index < -0.39 is 0 Å². The van der Waals surface area contributed by atoms with E-state index in [1.807, 2.05) is 5.38 Å². The molecule has 0 saturated carbocycles. The molecule has 1 amide bonds. The van der Waals surface area contributed by atoms with Gasteiger partial charge in [-0.2, -0.15) is 11.3 Å².